The smallest absolute Gasteiger partial charge is 0.409 e. The highest BCUT2D eigenvalue weighted by Gasteiger charge is 2.33. The normalized spacial score (nSPS) is 22.4. The first-order valence-electron chi connectivity index (χ1n) is 10.4. The summed E-state index contributed by atoms with van der Waals surface area (Å²) < 4.78 is 5.03. The summed E-state index contributed by atoms with van der Waals surface area (Å²) in [6.45, 7) is 9.04. The maximum Gasteiger partial charge on any atom is 0.409 e. The number of hydrogen-bond acceptors (Lipinski definition) is 5. The minimum absolute atomic E-state index is 0.0365. The number of piperazine rings is 2. The minimum Gasteiger partial charge on any atom is -0.450 e. The molecule has 3 aliphatic rings. The zero-order valence-electron chi connectivity index (χ0n) is 17.1. The number of carbonyl (C=O) groups excluding carboxylic acids is 3. The van der Waals surface area contributed by atoms with E-state index < -0.39 is 0 Å². The van der Waals surface area contributed by atoms with Gasteiger partial charge in [0.2, 0.25) is 5.91 Å². The molecule has 3 saturated heterocycles. The molecule has 3 aliphatic heterocycles. The van der Waals surface area contributed by atoms with E-state index in [9.17, 15) is 14.4 Å². The number of piperidine rings is 1. The van der Waals surface area contributed by atoms with Gasteiger partial charge < -0.3 is 29.2 Å². The predicted molar refractivity (Wildman–Crippen MR) is 104 cm³/mol. The van der Waals surface area contributed by atoms with Gasteiger partial charge in [0.15, 0.2) is 0 Å². The summed E-state index contributed by atoms with van der Waals surface area (Å²) in [7, 11) is 2.07. The summed E-state index contributed by atoms with van der Waals surface area (Å²) in [5.41, 5.74) is 0. The van der Waals surface area contributed by atoms with Crippen LogP contribution in [0.5, 0.6) is 0 Å². The van der Waals surface area contributed by atoms with Crippen LogP contribution in [0.4, 0.5) is 9.59 Å². The van der Waals surface area contributed by atoms with Gasteiger partial charge in [-0.05, 0) is 26.8 Å². The van der Waals surface area contributed by atoms with Gasteiger partial charge in [0.05, 0.1) is 6.61 Å². The first-order chi connectivity index (χ1) is 13.5. The molecule has 0 bridgehead atoms. The highest BCUT2D eigenvalue weighted by atomic mass is 16.6. The van der Waals surface area contributed by atoms with E-state index in [0.29, 0.717) is 58.7 Å². The third-order valence-corrected chi connectivity index (χ3v) is 6.01. The molecule has 158 valence electrons. The molecule has 0 radical (unpaired) electrons. The highest BCUT2D eigenvalue weighted by Crippen LogP contribution is 2.21. The Morgan fingerprint density at radius 3 is 1.79 bits per heavy atom. The molecule has 0 aromatic rings. The number of amides is 4. The van der Waals surface area contributed by atoms with Crippen LogP contribution in [0.25, 0.3) is 0 Å². The molecule has 9 nitrogen and oxygen atoms in total. The van der Waals surface area contributed by atoms with Gasteiger partial charge in [-0.15, -0.1) is 0 Å². The monoisotopic (exact) mass is 395 g/mol. The Bertz CT molecular complexity index is 563. The Balaban J connectivity index is 1.42. The molecule has 28 heavy (non-hydrogen) atoms. The molecular formula is C19H33N5O4. The van der Waals surface area contributed by atoms with Crippen LogP contribution in [0.1, 0.15) is 19.8 Å². The van der Waals surface area contributed by atoms with Crippen LogP contribution >= 0.6 is 0 Å². The van der Waals surface area contributed by atoms with Crippen molar-refractivity contribution in [1.29, 1.82) is 0 Å². The van der Waals surface area contributed by atoms with Crippen molar-refractivity contribution in [2.24, 2.45) is 5.92 Å². The summed E-state index contributed by atoms with van der Waals surface area (Å²) in [5, 5.41) is 0. The van der Waals surface area contributed by atoms with Crippen LogP contribution in [0, 0.1) is 5.92 Å². The number of carbonyl (C=O) groups is 3. The fraction of sp³-hybridized carbons (Fsp3) is 0.842. The second-order valence-corrected chi connectivity index (χ2v) is 7.85. The van der Waals surface area contributed by atoms with Crippen molar-refractivity contribution in [2.75, 3.05) is 79.1 Å². The zero-order chi connectivity index (χ0) is 20.1. The molecule has 9 heteroatoms. The lowest BCUT2D eigenvalue weighted by Gasteiger charge is -2.41. The van der Waals surface area contributed by atoms with Crippen LogP contribution in [0.2, 0.25) is 0 Å². The van der Waals surface area contributed by atoms with Crippen molar-refractivity contribution < 1.29 is 19.1 Å². The van der Waals surface area contributed by atoms with Gasteiger partial charge in [0, 0.05) is 71.4 Å². The van der Waals surface area contributed by atoms with Gasteiger partial charge in [-0.2, -0.15) is 0 Å². The lowest BCUT2D eigenvalue weighted by atomic mass is 9.95. The summed E-state index contributed by atoms with van der Waals surface area (Å²) in [6, 6.07) is 0.0999. The lowest BCUT2D eigenvalue weighted by molar-refractivity contribution is -0.138. The van der Waals surface area contributed by atoms with E-state index >= 15 is 0 Å². The van der Waals surface area contributed by atoms with E-state index in [2.05, 4.69) is 11.9 Å². The van der Waals surface area contributed by atoms with Crippen molar-refractivity contribution in [2.45, 2.75) is 19.8 Å². The molecule has 0 saturated carbocycles. The molecule has 0 aliphatic carbocycles. The lowest BCUT2D eigenvalue weighted by Crippen LogP contribution is -2.57. The average Bonchev–Trinajstić information content (AvgIpc) is 2.74. The van der Waals surface area contributed by atoms with Crippen molar-refractivity contribution >= 4 is 18.0 Å². The number of hydrogen-bond donors (Lipinski definition) is 0. The molecule has 3 fully saturated rings. The number of rotatable bonds is 2. The highest BCUT2D eigenvalue weighted by molar-refractivity contribution is 5.80. The molecule has 0 aromatic heterocycles. The Kier molecular flexibility index (Phi) is 6.98. The molecular weight excluding hydrogens is 362 g/mol. The number of likely N-dealkylation sites (tertiary alicyclic amines) is 1. The Morgan fingerprint density at radius 2 is 1.25 bits per heavy atom. The average molecular weight is 396 g/mol. The maximum absolute atomic E-state index is 12.8. The SMILES string of the molecule is CCOC(=O)N1CCC(C(=O)N2CCN(C(=O)N3CCN(C)CC3)CC2)CC1. The molecule has 0 N–H and O–H groups in total. The largest absolute Gasteiger partial charge is 0.450 e. The fourth-order valence-electron chi connectivity index (χ4n) is 4.10. The van der Waals surface area contributed by atoms with Crippen LogP contribution in [0.3, 0.4) is 0 Å². The van der Waals surface area contributed by atoms with Crippen LogP contribution in [-0.4, -0.2) is 122 Å². The Labute approximate surface area is 167 Å². The molecule has 3 heterocycles. The number of urea groups is 1. The van der Waals surface area contributed by atoms with Crippen LogP contribution in [-0.2, 0) is 9.53 Å². The summed E-state index contributed by atoms with van der Waals surface area (Å²) >= 11 is 0. The first-order valence-corrected chi connectivity index (χ1v) is 10.4. The Morgan fingerprint density at radius 1 is 0.750 bits per heavy atom. The van der Waals surface area contributed by atoms with E-state index in [1.54, 1.807) is 11.8 Å². The summed E-state index contributed by atoms with van der Waals surface area (Å²) in [6.07, 6.45) is 1.07. The van der Waals surface area contributed by atoms with Gasteiger partial charge in [0.1, 0.15) is 0 Å². The van der Waals surface area contributed by atoms with Gasteiger partial charge in [0.25, 0.3) is 0 Å². The van der Waals surface area contributed by atoms with Crippen LogP contribution in [0.15, 0.2) is 0 Å². The van der Waals surface area contributed by atoms with Gasteiger partial charge in [-0.1, -0.05) is 0 Å². The van der Waals surface area contributed by atoms with Crippen molar-refractivity contribution in [3.8, 4) is 0 Å². The zero-order valence-corrected chi connectivity index (χ0v) is 17.1. The maximum atomic E-state index is 12.8. The van der Waals surface area contributed by atoms with E-state index in [1.807, 2.05) is 14.7 Å². The second kappa shape index (κ2) is 9.45. The summed E-state index contributed by atoms with van der Waals surface area (Å²) in [5.74, 6) is 0.126. The molecule has 0 spiro atoms. The van der Waals surface area contributed by atoms with E-state index in [0.717, 1.165) is 26.2 Å². The van der Waals surface area contributed by atoms with E-state index in [1.165, 1.54) is 0 Å². The first kappa shape index (κ1) is 20.7. The number of ether oxygens (including phenoxy) is 1. The molecule has 3 rings (SSSR count). The fourth-order valence-corrected chi connectivity index (χ4v) is 4.10. The quantitative estimate of drug-likeness (QED) is 0.675. The molecule has 4 amide bonds. The van der Waals surface area contributed by atoms with Crippen molar-refractivity contribution in [3.05, 3.63) is 0 Å². The second-order valence-electron chi connectivity index (χ2n) is 7.85. The third kappa shape index (κ3) is 4.87. The molecule has 0 unspecified atom stereocenters. The minimum atomic E-state index is -0.288. The van der Waals surface area contributed by atoms with E-state index in [4.69, 9.17) is 4.74 Å². The van der Waals surface area contributed by atoms with Crippen molar-refractivity contribution in [1.82, 2.24) is 24.5 Å². The number of nitrogens with zero attached hydrogens (tertiary/aromatic N) is 5. The predicted octanol–water partition coefficient (Wildman–Crippen LogP) is 0.367. The third-order valence-electron chi connectivity index (χ3n) is 6.01. The van der Waals surface area contributed by atoms with E-state index in [-0.39, 0.29) is 23.9 Å². The molecule has 0 aromatic carbocycles. The Hall–Kier alpha value is -2.03. The van der Waals surface area contributed by atoms with Crippen molar-refractivity contribution in [3.63, 3.8) is 0 Å². The van der Waals surface area contributed by atoms with Gasteiger partial charge >= 0.3 is 12.1 Å². The molecule has 0 atom stereocenters. The standard InChI is InChI=1S/C19H33N5O4/c1-3-28-19(27)24-6-4-16(5-7-24)17(25)21-12-14-23(15-13-21)18(26)22-10-8-20(2)9-11-22/h16H,3-15H2,1-2H3. The summed E-state index contributed by atoms with van der Waals surface area (Å²) in [4.78, 5) is 46.9. The van der Waals surface area contributed by atoms with Crippen LogP contribution < -0.4 is 0 Å². The van der Waals surface area contributed by atoms with Gasteiger partial charge in [-0.3, -0.25) is 4.79 Å². The topological polar surface area (TPSA) is 76.6 Å². The van der Waals surface area contributed by atoms with Gasteiger partial charge in [-0.25, -0.2) is 9.59 Å². The number of likely N-dealkylation sites (N-methyl/N-ethyl adjacent to an activating group) is 1.